The standard InChI is InChI=1S/C14H23F3N2O3/c1-8(18-12(21)22-13(3,4)5)11(20)19-7-6-10(9(19)2)14(15,16)17/h8-10H,6-7H2,1-5H3,(H,18,21)/t8-,9?,10?/m1/s1. The summed E-state index contributed by atoms with van der Waals surface area (Å²) in [6.45, 7) is 7.87. The maximum Gasteiger partial charge on any atom is 0.408 e. The van der Waals surface area contributed by atoms with Crippen LogP contribution in [0.25, 0.3) is 0 Å². The molecule has 1 N–H and O–H groups in total. The molecule has 1 heterocycles. The molecule has 2 unspecified atom stereocenters. The van der Waals surface area contributed by atoms with Gasteiger partial charge in [0.05, 0.1) is 5.92 Å². The number of alkyl halides is 3. The van der Waals surface area contributed by atoms with Crippen molar-refractivity contribution < 1.29 is 27.5 Å². The van der Waals surface area contributed by atoms with Gasteiger partial charge >= 0.3 is 12.3 Å². The molecular weight excluding hydrogens is 301 g/mol. The Morgan fingerprint density at radius 1 is 1.27 bits per heavy atom. The van der Waals surface area contributed by atoms with Gasteiger partial charge in [-0.15, -0.1) is 0 Å². The van der Waals surface area contributed by atoms with Gasteiger partial charge in [-0.25, -0.2) is 4.79 Å². The third-order valence-electron chi connectivity index (χ3n) is 3.56. The van der Waals surface area contributed by atoms with E-state index in [1.165, 1.54) is 18.7 Å². The largest absolute Gasteiger partial charge is 0.444 e. The van der Waals surface area contributed by atoms with Crippen LogP contribution in [-0.4, -0.2) is 47.3 Å². The van der Waals surface area contributed by atoms with E-state index in [9.17, 15) is 22.8 Å². The van der Waals surface area contributed by atoms with Crippen molar-refractivity contribution >= 4 is 12.0 Å². The molecule has 0 spiro atoms. The number of alkyl carbamates (subject to hydrolysis) is 1. The summed E-state index contributed by atoms with van der Waals surface area (Å²) in [4.78, 5) is 25.0. The van der Waals surface area contributed by atoms with Crippen LogP contribution in [-0.2, 0) is 9.53 Å². The maximum atomic E-state index is 12.8. The van der Waals surface area contributed by atoms with Crippen LogP contribution in [0.1, 0.15) is 41.0 Å². The highest BCUT2D eigenvalue weighted by Crippen LogP contribution is 2.38. The van der Waals surface area contributed by atoms with E-state index >= 15 is 0 Å². The molecule has 128 valence electrons. The van der Waals surface area contributed by atoms with Gasteiger partial charge in [0.2, 0.25) is 5.91 Å². The Labute approximate surface area is 128 Å². The lowest BCUT2D eigenvalue weighted by molar-refractivity contribution is -0.179. The van der Waals surface area contributed by atoms with Crippen molar-refractivity contribution in [3.63, 3.8) is 0 Å². The second-order valence-corrected chi connectivity index (χ2v) is 6.58. The minimum Gasteiger partial charge on any atom is -0.444 e. The molecule has 0 aromatic rings. The molecule has 5 nitrogen and oxygen atoms in total. The van der Waals surface area contributed by atoms with Crippen LogP contribution in [0.15, 0.2) is 0 Å². The van der Waals surface area contributed by atoms with Gasteiger partial charge in [0.15, 0.2) is 0 Å². The van der Waals surface area contributed by atoms with Crippen LogP contribution in [0.4, 0.5) is 18.0 Å². The van der Waals surface area contributed by atoms with Crippen LogP contribution in [0.3, 0.4) is 0 Å². The predicted molar refractivity (Wildman–Crippen MR) is 74.2 cm³/mol. The number of halogens is 3. The Hall–Kier alpha value is -1.47. The van der Waals surface area contributed by atoms with Crippen molar-refractivity contribution in [2.45, 2.75) is 64.9 Å². The quantitative estimate of drug-likeness (QED) is 0.849. The second kappa shape index (κ2) is 6.34. The molecule has 2 amide bonds. The lowest BCUT2D eigenvalue weighted by atomic mass is 10.0. The molecule has 1 saturated heterocycles. The topological polar surface area (TPSA) is 58.6 Å². The van der Waals surface area contributed by atoms with Crippen molar-refractivity contribution in [2.24, 2.45) is 5.92 Å². The van der Waals surface area contributed by atoms with E-state index in [-0.39, 0.29) is 13.0 Å². The van der Waals surface area contributed by atoms with Gasteiger partial charge < -0.3 is 15.0 Å². The fourth-order valence-corrected chi connectivity index (χ4v) is 2.48. The van der Waals surface area contributed by atoms with Gasteiger partial charge in [-0.2, -0.15) is 13.2 Å². The summed E-state index contributed by atoms with van der Waals surface area (Å²) in [6.07, 6.45) is -5.21. The van der Waals surface area contributed by atoms with E-state index in [0.717, 1.165) is 0 Å². The van der Waals surface area contributed by atoms with Crippen LogP contribution < -0.4 is 5.32 Å². The van der Waals surface area contributed by atoms with Crippen molar-refractivity contribution in [1.82, 2.24) is 10.2 Å². The number of likely N-dealkylation sites (tertiary alicyclic amines) is 1. The van der Waals surface area contributed by atoms with Gasteiger partial charge in [-0.1, -0.05) is 0 Å². The molecule has 0 aromatic heterocycles. The number of ether oxygens (including phenoxy) is 1. The zero-order valence-corrected chi connectivity index (χ0v) is 13.5. The molecule has 1 aliphatic heterocycles. The Balaban J connectivity index is 2.63. The molecule has 0 aromatic carbocycles. The van der Waals surface area contributed by atoms with Gasteiger partial charge in [0.1, 0.15) is 11.6 Å². The summed E-state index contributed by atoms with van der Waals surface area (Å²) >= 11 is 0. The third kappa shape index (κ3) is 4.78. The number of nitrogens with one attached hydrogen (secondary N) is 1. The first-order valence-corrected chi connectivity index (χ1v) is 7.19. The third-order valence-corrected chi connectivity index (χ3v) is 3.56. The minimum absolute atomic E-state index is 0.0323. The fraction of sp³-hybridized carbons (Fsp3) is 0.857. The molecular formula is C14H23F3N2O3. The molecule has 0 aliphatic carbocycles. The fourth-order valence-electron chi connectivity index (χ4n) is 2.48. The first-order chi connectivity index (χ1) is 9.83. The molecule has 0 saturated carbocycles. The molecule has 1 fully saturated rings. The van der Waals surface area contributed by atoms with Gasteiger partial charge in [0, 0.05) is 12.6 Å². The summed E-state index contributed by atoms with van der Waals surface area (Å²) in [5.74, 6) is -2.06. The van der Waals surface area contributed by atoms with Crippen LogP contribution >= 0.6 is 0 Å². The molecule has 3 atom stereocenters. The second-order valence-electron chi connectivity index (χ2n) is 6.58. The average molecular weight is 324 g/mol. The number of amides is 2. The van der Waals surface area contributed by atoms with E-state index in [0.29, 0.717) is 0 Å². The summed E-state index contributed by atoms with van der Waals surface area (Å²) in [5.41, 5.74) is -0.713. The van der Waals surface area contributed by atoms with Crippen LogP contribution in [0, 0.1) is 5.92 Å². The molecule has 1 aliphatic rings. The Morgan fingerprint density at radius 2 is 1.82 bits per heavy atom. The van der Waals surface area contributed by atoms with E-state index < -0.39 is 41.8 Å². The van der Waals surface area contributed by atoms with E-state index in [2.05, 4.69) is 5.32 Å². The highest BCUT2D eigenvalue weighted by Gasteiger charge is 2.49. The lowest BCUT2D eigenvalue weighted by Gasteiger charge is -2.29. The van der Waals surface area contributed by atoms with Gasteiger partial charge in [-0.05, 0) is 41.0 Å². The summed E-state index contributed by atoms with van der Waals surface area (Å²) < 4.78 is 43.5. The van der Waals surface area contributed by atoms with Crippen molar-refractivity contribution in [2.75, 3.05) is 6.54 Å². The number of rotatable bonds is 2. The number of hydrogen-bond acceptors (Lipinski definition) is 3. The SMILES string of the molecule is CC1C(C(F)(F)F)CCN1C(=O)[C@@H](C)NC(=O)OC(C)(C)C. The lowest BCUT2D eigenvalue weighted by Crippen LogP contribution is -2.50. The number of hydrogen-bond donors (Lipinski definition) is 1. The highest BCUT2D eigenvalue weighted by molar-refractivity contribution is 5.85. The van der Waals surface area contributed by atoms with E-state index in [4.69, 9.17) is 4.74 Å². The van der Waals surface area contributed by atoms with E-state index in [1.54, 1.807) is 20.8 Å². The molecule has 0 bridgehead atoms. The van der Waals surface area contributed by atoms with Crippen LogP contribution in [0.2, 0.25) is 0 Å². The molecule has 0 radical (unpaired) electrons. The summed E-state index contributed by atoms with van der Waals surface area (Å²) in [6, 6.07) is -1.88. The number of carbonyl (C=O) groups excluding carboxylic acids is 2. The zero-order chi connectivity index (χ0) is 17.3. The molecule has 22 heavy (non-hydrogen) atoms. The van der Waals surface area contributed by atoms with Crippen molar-refractivity contribution in [1.29, 1.82) is 0 Å². The highest BCUT2D eigenvalue weighted by atomic mass is 19.4. The summed E-state index contributed by atoms with van der Waals surface area (Å²) in [5, 5.41) is 2.35. The first-order valence-electron chi connectivity index (χ1n) is 7.19. The monoisotopic (exact) mass is 324 g/mol. The predicted octanol–water partition coefficient (Wildman–Crippen LogP) is 2.70. The Morgan fingerprint density at radius 3 is 2.23 bits per heavy atom. The average Bonchev–Trinajstić information content (AvgIpc) is 2.66. The molecule has 8 heteroatoms. The van der Waals surface area contributed by atoms with Gasteiger partial charge in [0.25, 0.3) is 0 Å². The maximum absolute atomic E-state index is 12.8. The summed E-state index contributed by atoms with van der Waals surface area (Å²) in [7, 11) is 0. The first kappa shape index (κ1) is 18.6. The Kier molecular flexibility index (Phi) is 5.35. The number of nitrogens with zero attached hydrogens (tertiary/aromatic N) is 1. The smallest absolute Gasteiger partial charge is 0.408 e. The van der Waals surface area contributed by atoms with Crippen molar-refractivity contribution in [3.05, 3.63) is 0 Å². The Bertz CT molecular complexity index is 432. The normalized spacial score (nSPS) is 24.1. The van der Waals surface area contributed by atoms with Crippen LogP contribution in [0.5, 0.6) is 0 Å². The number of carbonyl (C=O) groups is 2. The molecule has 1 rings (SSSR count). The van der Waals surface area contributed by atoms with Crippen molar-refractivity contribution in [3.8, 4) is 0 Å². The zero-order valence-electron chi connectivity index (χ0n) is 13.5. The van der Waals surface area contributed by atoms with Gasteiger partial charge in [-0.3, -0.25) is 4.79 Å². The minimum atomic E-state index is -4.32. The van der Waals surface area contributed by atoms with E-state index in [1.807, 2.05) is 0 Å².